The van der Waals surface area contributed by atoms with E-state index in [4.69, 9.17) is 4.74 Å². The molecule has 0 aliphatic heterocycles. The number of ether oxygens (including phenoxy) is 1. The predicted octanol–water partition coefficient (Wildman–Crippen LogP) is 5.56. The number of halogens is 2. The molecule has 1 aromatic carbocycles. The van der Waals surface area contributed by atoms with Crippen molar-refractivity contribution >= 4 is 43.6 Å². The average molecular weight is 470 g/mol. The summed E-state index contributed by atoms with van der Waals surface area (Å²) in [5.74, 6) is 2.38. The predicted molar refractivity (Wildman–Crippen MR) is 103 cm³/mol. The molecule has 4 rings (SSSR count). The SMILES string of the molecule is CC(=O)Oc1c(Br)cc2c(c1Br)CC[C@H]1[C@@H]2CC[C@]2(C)C(=O)CC[C@@H]12. The molecular formula is C20H22Br2O3. The zero-order chi connectivity index (χ0) is 17.9. The summed E-state index contributed by atoms with van der Waals surface area (Å²) in [4.78, 5) is 23.9. The van der Waals surface area contributed by atoms with Gasteiger partial charge < -0.3 is 4.74 Å². The van der Waals surface area contributed by atoms with E-state index in [2.05, 4.69) is 44.8 Å². The van der Waals surface area contributed by atoms with Gasteiger partial charge in [-0.3, -0.25) is 9.59 Å². The van der Waals surface area contributed by atoms with Gasteiger partial charge >= 0.3 is 5.97 Å². The first kappa shape index (κ1) is 17.7. The molecule has 0 heterocycles. The van der Waals surface area contributed by atoms with Crippen molar-refractivity contribution in [2.24, 2.45) is 17.3 Å². The molecule has 0 unspecified atom stereocenters. The standard InChI is InChI=1S/C20H22Br2O3/c1-10(23)25-19-16(21)9-14-11-7-8-20(2)15(5-6-17(20)24)12(11)3-4-13(14)18(19)22/h9,11-12,15H,3-8H2,1-2H3/t11-,12-,15-,20-/m0/s1. The lowest BCUT2D eigenvalue weighted by Gasteiger charge is -2.48. The Hall–Kier alpha value is -0.680. The third kappa shape index (κ3) is 2.64. The van der Waals surface area contributed by atoms with Crippen molar-refractivity contribution in [2.75, 3.05) is 0 Å². The van der Waals surface area contributed by atoms with Crippen LogP contribution in [0.4, 0.5) is 0 Å². The van der Waals surface area contributed by atoms with Gasteiger partial charge in [-0.05, 0) is 98.9 Å². The Morgan fingerprint density at radius 2 is 2.00 bits per heavy atom. The molecule has 4 atom stereocenters. The van der Waals surface area contributed by atoms with Crippen LogP contribution in [-0.4, -0.2) is 11.8 Å². The molecule has 1 aromatic rings. The highest BCUT2D eigenvalue weighted by Crippen LogP contribution is 2.60. The van der Waals surface area contributed by atoms with Gasteiger partial charge in [0.2, 0.25) is 0 Å². The number of rotatable bonds is 1. The fraction of sp³-hybridized carbons (Fsp3) is 0.600. The summed E-state index contributed by atoms with van der Waals surface area (Å²) in [5.41, 5.74) is 2.55. The maximum Gasteiger partial charge on any atom is 0.308 e. The van der Waals surface area contributed by atoms with Crippen molar-refractivity contribution in [2.45, 2.75) is 58.3 Å². The second kappa shape index (κ2) is 6.19. The quantitative estimate of drug-likeness (QED) is 0.399. The van der Waals surface area contributed by atoms with Gasteiger partial charge in [0.25, 0.3) is 0 Å². The molecule has 0 amide bonds. The summed E-state index contributed by atoms with van der Waals surface area (Å²) in [6.07, 6.45) is 5.97. The van der Waals surface area contributed by atoms with Gasteiger partial charge in [-0.1, -0.05) is 6.92 Å². The Kier molecular flexibility index (Phi) is 4.39. The zero-order valence-electron chi connectivity index (χ0n) is 14.5. The van der Waals surface area contributed by atoms with E-state index in [1.807, 2.05) is 0 Å². The smallest absolute Gasteiger partial charge is 0.308 e. The average Bonchev–Trinajstić information content (AvgIpc) is 2.86. The van der Waals surface area contributed by atoms with E-state index >= 15 is 0 Å². The fourth-order valence-corrected chi connectivity index (χ4v) is 7.15. The molecule has 0 radical (unpaired) electrons. The molecule has 2 fully saturated rings. The van der Waals surface area contributed by atoms with Crippen molar-refractivity contribution in [3.8, 4) is 5.75 Å². The molecule has 3 nitrogen and oxygen atoms in total. The summed E-state index contributed by atoms with van der Waals surface area (Å²) >= 11 is 7.26. The Morgan fingerprint density at radius 3 is 2.72 bits per heavy atom. The summed E-state index contributed by atoms with van der Waals surface area (Å²) in [7, 11) is 0. The minimum absolute atomic E-state index is 0.0924. The van der Waals surface area contributed by atoms with Gasteiger partial charge in [-0.25, -0.2) is 0 Å². The van der Waals surface area contributed by atoms with Crippen LogP contribution in [0.2, 0.25) is 0 Å². The van der Waals surface area contributed by atoms with E-state index < -0.39 is 0 Å². The first-order chi connectivity index (χ1) is 11.8. The van der Waals surface area contributed by atoms with Crippen LogP contribution in [0, 0.1) is 17.3 Å². The molecule has 0 spiro atoms. The van der Waals surface area contributed by atoms with E-state index in [1.54, 1.807) is 0 Å². The number of benzene rings is 1. The van der Waals surface area contributed by atoms with Gasteiger partial charge in [0.15, 0.2) is 5.75 Å². The van der Waals surface area contributed by atoms with Crippen LogP contribution in [0.3, 0.4) is 0 Å². The van der Waals surface area contributed by atoms with Crippen molar-refractivity contribution in [1.82, 2.24) is 0 Å². The molecule has 0 bridgehead atoms. The first-order valence-electron chi connectivity index (χ1n) is 9.05. The molecule has 3 aliphatic carbocycles. The summed E-state index contributed by atoms with van der Waals surface area (Å²) < 4.78 is 7.13. The monoisotopic (exact) mass is 468 g/mol. The van der Waals surface area contributed by atoms with Crippen LogP contribution in [0.5, 0.6) is 5.75 Å². The number of esters is 1. The normalized spacial score (nSPS) is 33.4. The number of hydrogen-bond acceptors (Lipinski definition) is 3. The maximum absolute atomic E-state index is 12.4. The lowest BCUT2D eigenvalue weighted by molar-refractivity contribution is -0.132. The van der Waals surface area contributed by atoms with E-state index in [0.717, 1.165) is 47.5 Å². The summed E-state index contributed by atoms with van der Waals surface area (Å²) in [5, 5.41) is 0. The number of ketones is 1. The van der Waals surface area contributed by atoms with Crippen LogP contribution in [0.25, 0.3) is 0 Å². The summed E-state index contributed by atoms with van der Waals surface area (Å²) in [6.45, 7) is 3.63. The molecule has 0 N–H and O–H groups in total. The minimum atomic E-state index is -0.312. The van der Waals surface area contributed by atoms with Gasteiger partial charge in [0, 0.05) is 18.8 Å². The third-order valence-electron chi connectivity index (χ3n) is 6.83. The summed E-state index contributed by atoms with van der Waals surface area (Å²) in [6, 6.07) is 2.15. The first-order valence-corrected chi connectivity index (χ1v) is 10.6. The molecule has 134 valence electrons. The van der Waals surface area contributed by atoms with E-state index in [9.17, 15) is 9.59 Å². The Bertz CT molecular complexity index is 773. The van der Waals surface area contributed by atoms with Crippen molar-refractivity contribution < 1.29 is 14.3 Å². The van der Waals surface area contributed by atoms with Crippen LogP contribution in [0.15, 0.2) is 15.0 Å². The van der Waals surface area contributed by atoms with Crippen LogP contribution >= 0.6 is 31.9 Å². The molecular weight excluding hydrogens is 448 g/mol. The number of hydrogen-bond donors (Lipinski definition) is 0. The highest BCUT2D eigenvalue weighted by molar-refractivity contribution is 9.11. The minimum Gasteiger partial charge on any atom is -0.424 e. The molecule has 25 heavy (non-hydrogen) atoms. The lowest BCUT2D eigenvalue weighted by Crippen LogP contribution is -2.42. The maximum atomic E-state index is 12.4. The van der Waals surface area contributed by atoms with E-state index in [-0.39, 0.29) is 11.4 Å². The molecule has 3 aliphatic rings. The zero-order valence-corrected chi connectivity index (χ0v) is 17.7. The van der Waals surface area contributed by atoms with Crippen LogP contribution in [0.1, 0.15) is 63.0 Å². The molecule has 2 saturated carbocycles. The number of carbonyl (C=O) groups excluding carboxylic acids is 2. The van der Waals surface area contributed by atoms with Crippen LogP contribution < -0.4 is 4.74 Å². The Balaban J connectivity index is 1.74. The van der Waals surface area contributed by atoms with Gasteiger partial charge in [-0.15, -0.1) is 0 Å². The third-order valence-corrected chi connectivity index (χ3v) is 8.26. The lowest BCUT2D eigenvalue weighted by atomic mass is 9.55. The molecule has 5 heteroatoms. The Morgan fingerprint density at radius 1 is 1.24 bits per heavy atom. The number of fused-ring (bicyclic) bond motifs is 5. The van der Waals surface area contributed by atoms with Gasteiger partial charge in [0.1, 0.15) is 5.78 Å². The molecule has 0 saturated heterocycles. The highest BCUT2D eigenvalue weighted by atomic mass is 79.9. The fourth-order valence-electron chi connectivity index (χ4n) is 5.64. The topological polar surface area (TPSA) is 43.4 Å². The number of carbonyl (C=O) groups is 2. The molecule has 0 aromatic heterocycles. The van der Waals surface area contributed by atoms with Crippen LogP contribution in [-0.2, 0) is 16.0 Å². The number of Topliss-reactive ketones (excluding diaryl/α,β-unsaturated/α-hetero) is 1. The van der Waals surface area contributed by atoms with E-state index in [1.165, 1.54) is 18.1 Å². The van der Waals surface area contributed by atoms with Crippen molar-refractivity contribution in [3.05, 3.63) is 26.1 Å². The second-order valence-corrected chi connectivity index (χ2v) is 9.64. The van der Waals surface area contributed by atoms with Gasteiger partial charge in [-0.2, -0.15) is 0 Å². The van der Waals surface area contributed by atoms with E-state index in [0.29, 0.717) is 29.3 Å². The highest BCUT2D eigenvalue weighted by Gasteiger charge is 2.54. The Labute approximate surface area is 165 Å². The van der Waals surface area contributed by atoms with Crippen molar-refractivity contribution in [1.29, 1.82) is 0 Å². The largest absolute Gasteiger partial charge is 0.424 e. The van der Waals surface area contributed by atoms with Gasteiger partial charge in [0.05, 0.1) is 8.95 Å². The van der Waals surface area contributed by atoms with Crippen molar-refractivity contribution in [3.63, 3.8) is 0 Å². The second-order valence-electron chi connectivity index (χ2n) is 8.00.